The minimum Gasteiger partial charge on any atom is -0.469 e. The van der Waals surface area contributed by atoms with Gasteiger partial charge in [0.2, 0.25) is 0 Å². The monoisotopic (exact) mass is 385 g/mol. The second-order valence-corrected chi connectivity index (χ2v) is 8.48. The normalized spacial score (nSPS) is 29.8. The van der Waals surface area contributed by atoms with E-state index in [1.807, 2.05) is 30.3 Å². The molecule has 2 saturated heterocycles. The molecule has 2 aliphatic heterocycles. The lowest BCUT2D eigenvalue weighted by molar-refractivity contribution is -0.149. The zero-order chi connectivity index (χ0) is 19.8. The Kier molecular flexibility index (Phi) is 3.46. The van der Waals surface area contributed by atoms with Crippen molar-refractivity contribution < 1.29 is 9.53 Å². The molecule has 0 amide bonds. The summed E-state index contributed by atoms with van der Waals surface area (Å²) >= 11 is 0. The molecule has 3 aromatic rings. The van der Waals surface area contributed by atoms with E-state index in [1.165, 1.54) is 7.11 Å². The zero-order valence-corrected chi connectivity index (χ0v) is 16.6. The fourth-order valence-corrected chi connectivity index (χ4v) is 6.28. The maximum Gasteiger partial charge on any atom is 0.311 e. The molecule has 1 aromatic heterocycles. The predicted octanol–water partition coefficient (Wildman–Crippen LogP) is 3.76. The van der Waals surface area contributed by atoms with Gasteiger partial charge in [-0.25, -0.2) is 9.97 Å². The lowest BCUT2D eigenvalue weighted by Crippen LogP contribution is -2.48. The first-order valence-corrected chi connectivity index (χ1v) is 10.4. The van der Waals surface area contributed by atoms with Crippen LogP contribution in [-0.4, -0.2) is 40.5 Å². The molecule has 1 spiro atoms. The SMILES string of the molecule is COC(=O)[C@H]1[C@H](C)[C@H]2CCCN2[C@@]12c1ccccc1-c1nc3ccccc3nc12. The van der Waals surface area contributed by atoms with Crippen molar-refractivity contribution in [1.82, 2.24) is 14.9 Å². The second-order valence-electron chi connectivity index (χ2n) is 8.48. The van der Waals surface area contributed by atoms with Gasteiger partial charge in [-0.1, -0.05) is 43.3 Å². The minimum absolute atomic E-state index is 0.149. The van der Waals surface area contributed by atoms with Gasteiger partial charge in [-0.15, -0.1) is 0 Å². The number of aromatic nitrogens is 2. The van der Waals surface area contributed by atoms with E-state index in [0.29, 0.717) is 6.04 Å². The molecule has 4 atom stereocenters. The van der Waals surface area contributed by atoms with E-state index in [2.05, 4.69) is 30.0 Å². The van der Waals surface area contributed by atoms with Crippen molar-refractivity contribution in [2.24, 2.45) is 11.8 Å². The van der Waals surface area contributed by atoms with Crippen LogP contribution in [0.4, 0.5) is 0 Å². The third-order valence-corrected chi connectivity index (χ3v) is 7.31. The van der Waals surface area contributed by atoms with Gasteiger partial charge in [-0.2, -0.15) is 0 Å². The molecule has 146 valence electrons. The third kappa shape index (κ3) is 1.96. The quantitative estimate of drug-likeness (QED) is 0.597. The van der Waals surface area contributed by atoms with Crippen molar-refractivity contribution in [2.75, 3.05) is 13.7 Å². The van der Waals surface area contributed by atoms with Crippen molar-refractivity contribution in [1.29, 1.82) is 0 Å². The lowest BCUT2D eigenvalue weighted by atomic mass is 9.74. The number of hydrogen-bond donors (Lipinski definition) is 0. The number of para-hydroxylation sites is 2. The van der Waals surface area contributed by atoms with Gasteiger partial charge in [0.1, 0.15) is 5.54 Å². The lowest BCUT2D eigenvalue weighted by Gasteiger charge is -2.39. The molecular formula is C24H23N3O2. The smallest absolute Gasteiger partial charge is 0.311 e. The number of ether oxygens (including phenoxy) is 1. The summed E-state index contributed by atoms with van der Waals surface area (Å²) in [7, 11) is 1.50. The van der Waals surface area contributed by atoms with Gasteiger partial charge in [0.25, 0.3) is 0 Å². The Labute approximate surface area is 169 Å². The molecule has 2 aromatic carbocycles. The Morgan fingerprint density at radius 2 is 1.83 bits per heavy atom. The molecule has 0 unspecified atom stereocenters. The molecular weight excluding hydrogens is 362 g/mol. The Balaban J connectivity index is 1.74. The van der Waals surface area contributed by atoms with Gasteiger partial charge in [-0.3, -0.25) is 9.69 Å². The van der Waals surface area contributed by atoms with Gasteiger partial charge < -0.3 is 4.74 Å². The van der Waals surface area contributed by atoms with Crippen LogP contribution >= 0.6 is 0 Å². The molecule has 1 aliphatic carbocycles. The molecule has 0 N–H and O–H groups in total. The highest BCUT2D eigenvalue weighted by Crippen LogP contribution is 2.62. The summed E-state index contributed by atoms with van der Waals surface area (Å²) in [5.74, 6) is -0.252. The fraction of sp³-hybridized carbons (Fsp3) is 0.375. The molecule has 3 heterocycles. The molecule has 6 rings (SSSR count). The van der Waals surface area contributed by atoms with Gasteiger partial charge in [0, 0.05) is 11.6 Å². The molecule has 29 heavy (non-hydrogen) atoms. The molecule has 5 nitrogen and oxygen atoms in total. The van der Waals surface area contributed by atoms with E-state index in [9.17, 15) is 4.79 Å². The number of esters is 1. The third-order valence-electron chi connectivity index (χ3n) is 7.31. The number of hydrogen-bond acceptors (Lipinski definition) is 5. The van der Waals surface area contributed by atoms with E-state index in [4.69, 9.17) is 14.7 Å². The fourth-order valence-electron chi connectivity index (χ4n) is 6.28. The van der Waals surface area contributed by atoms with Crippen LogP contribution in [0, 0.1) is 11.8 Å². The van der Waals surface area contributed by atoms with Gasteiger partial charge in [0.05, 0.1) is 35.4 Å². The van der Waals surface area contributed by atoms with Crippen LogP contribution in [-0.2, 0) is 15.1 Å². The topological polar surface area (TPSA) is 55.3 Å². The van der Waals surface area contributed by atoms with Crippen molar-refractivity contribution in [3.8, 4) is 11.3 Å². The highest BCUT2D eigenvalue weighted by atomic mass is 16.5. The maximum atomic E-state index is 13.2. The van der Waals surface area contributed by atoms with E-state index >= 15 is 0 Å². The average Bonchev–Trinajstić information content (AvgIpc) is 3.41. The zero-order valence-electron chi connectivity index (χ0n) is 16.6. The van der Waals surface area contributed by atoms with Crippen molar-refractivity contribution in [3.63, 3.8) is 0 Å². The van der Waals surface area contributed by atoms with E-state index in [-0.39, 0.29) is 17.8 Å². The summed E-state index contributed by atoms with van der Waals surface area (Å²) in [6.07, 6.45) is 2.25. The molecule has 3 aliphatic rings. The summed E-state index contributed by atoms with van der Waals surface area (Å²) in [5.41, 5.74) is 5.23. The Bertz CT molecular complexity index is 1160. The Morgan fingerprint density at radius 1 is 1.10 bits per heavy atom. The van der Waals surface area contributed by atoms with Crippen molar-refractivity contribution in [2.45, 2.75) is 31.3 Å². The standard InChI is InChI=1S/C24H23N3O2/c1-14-19-12-7-13-27(19)24(20(14)23(28)29-2)16-9-4-3-8-15(16)21-22(24)26-18-11-6-5-10-17(18)25-21/h3-6,8-11,14,19-20H,7,12-13H2,1-2H3/t14-,19-,20-,24+/m1/s1. The minimum atomic E-state index is -0.601. The first kappa shape index (κ1) is 17.1. The number of rotatable bonds is 1. The number of methoxy groups -OCH3 is 1. The van der Waals surface area contributed by atoms with Gasteiger partial charge in [0.15, 0.2) is 0 Å². The average molecular weight is 385 g/mol. The first-order chi connectivity index (χ1) is 14.2. The van der Waals surface area contributed by atoms with Crippen LogP contribution in [0.25, 0.3) is 22.3 Å². The first-order valence-electron chi connectivity index (χ1n) is 10.4. The van der Waals surface area contributed by atoms with Gasteiger partial charge in [-0.05, 0) is 43.0 Å². The van der Waals surface area contributed by atoms with E-state index in [0.717, 1.165) is 52.9 Å². The molecule has 0 bridgehead atoms. The van der Waals surface area contributed by atoms with E-state index in [1.54, 1.807) is 0 Å². The van der Waals surface area contributed by atoms with Crippen molar-refractivity contribution in [3.05, 3.63) is 59.8 Å². The van der Waals surface area contributed by atoms with Crippen molar-refractivity contribution >= 4 is 17.0 Å². The predicted molar refractivity (Wildman–Crippen MR) is 110 cm³/mol. The van der Waals surface area contributed by atoms with Gasteiger partial charge >= 0.3 is 5.97 Å². The number of carbonyl (C=O) groups excluding carboxylic acids is 1. The summed E-state index contributed by atoms with van der Waals surface area (Å²) in [6.45, 7) is 3.17. The van der Waals surface area contributed by atoms with Crippen LogP contribution < -0.4 is 0 Å². The summed E-state index contributed by atoms with van der Waals surface area (Å²) in [6, 6.07) is 16.7. The largest absolute Gasteiger partial charge is 0.469 e. The number of carbonyl (C=O) groups is 1. The molecule has 2 fully saturated rings. The maximum absolute atomic E-state index is 13.2. The van der Waals surface area contributed by atoms with Crippen LogP contribution in [0.5, 0.6) is 0 Å². The Morgan fingerprint density at radius 3 is 2.62 bits per heavy atom. The molecule has 0 radical (unpaired) electrons. The second kappa shape index (κ2) is 5.86. The molecule has 0 saturated carbocycles. The van der Waals surface area contributed by atoms with Crippen LogP contribution in [0.1, 0.15) is 31.0 Å². The number of nitrogens with zero attached hydrogens (tertiary/aromatic N) is 3. The van der Waals surface area contributed by atoms with Crippen LogP contribution in [0.15, 0.2) is 48.5 Å². The number of fused-ring (bicyclic) bond motifs is 8. The highest BCUT2D eigenvalue weighted by Gasteiger charge is 2.67. The highest BCUT2D eigenvalue weighted by molar-refractivity contribution is 5.88. The summed E-state index contributed by atoms with van der Waals surface area (Å²) < 4.78 is 5.36. The van der Waals surface area contributed by atoms with Crippen LogP contribution in [0.2, 0.25) is 0 Å². The Hall–Kier alpha value is -2.79. The summed E-state index contributed by atoms with van der Waals surface area (Å²) in [4.78, 5) is 25.9. The van der Waals surface area contributed by atoms with Crippen LogP contribution in [0.3, 0.4) is 0 Å². The number of benzene rings is 2. The summed E-state index contributed by atoms with van der Waals surface area (Å²) in [5, 5.41) is 0. The molecule has 5 heteroatoms. The van der Waals surface area contributed by atoms with E-state index < -0.39 is 5.54 Å².